The molecule has 106 valence electrons. The van der Waals surface area contributed by atoms with Crippen molar-refractivity contribution in [3.63, 3.8) is 0 Å². The van der Waals surface area contributed by atoms with E-state index in [0.29, 0.717) is 26.5 Å². The molecule has 2 aromatic rings. The summed E-state index contributed by atoms with van der Waals surface area (Å²) >= 11 is 13.0. The molecule has 1 aromatic heterocycles. The molecule has 4 nitrogen and oxygen atoms in total. The molecule has 2 heterocycles. The number of rotatable bonds is 2. The average molecular weight is 339 g/mol. The fraction of sp³-hybridized carbons (Fsp3) is 0. The highest BCUT2D eigenvalue weighted by molar-refractivity contribution is 8.18. The second kappa shape index (κ2) is 5.60. The van der Waals surface area contributed by atoms with Crippen molar-refractivity contribution in [3.05, 3.63) is 51.0 Å². The summed E-state index contributed by atoms with van der Waals surface area (Å²) in [7, 11) is 0. The summed E-state index contributed by atoms with van der Waals surface area (Å²) in [6.45, 7) is 0. The third-order valence-corrected chi connectivity index (χ3v) is 3.93. The van der Waals surface area contributed by atoms with Gasteiger partial charge in [0.2, 0.25) is 0 Å². The minimum Gasteiger partial charge on any atom is -0.457 e. The topological polar surface area (TPSA) is 68.6 Å². The summed E-state index contributed by atoms with van der Waals surface area (Å²) in [5.41, 5.74) is 6.25. The number of carbonyl (C=O) groups excluding carboxylic acids is 1. The van der Waals surface area contributed by atoms with Gasteiger partial charge in [-0.05, 0) is 42.1 Å². The smallest absolute Gasteiger partial charge is 0.286 e. The van der Waals surface area contributed by atoms with Crippen molar-refractivity contribution in [2.24, 2.45) is 10.7 Å². The maximum Gasteiger partial charge on any atom is 0.286 e. The second-order valence-corrected chi connectivity index (χ2v) is 6.16. The van der Waals surface area contributed by atoms with Crippen LogP contribution in [0.15, 0.2) is 44.6 Å². The summed E-state index contributed by atoms with van der Waals surface area (Å²) < 4.78 is 5.67. The molecule has 1 aromatic carbocycles. The predicted molar refractivity (Wildman–Crippen MR) is 86.4 cm³/mol. The zero-order valence-corrected chi connectivity index (χ0v) is 12.8. The highest BCUT2D eigenvalue weighted by Gasteiger charge is 2.20. The van der Waals surface area contributed by atoms with Crippen molar-refractivity contribution < 1.29 is 9.21 Å². The predicted octanol–water partition coefficient (Wildman–Crippen LogP) is 4.18. The van der Waals surface area contributed by atoms with E-state index in [9.17, 15) is 4.79 Å². The van der Waals surface area contributed by atoms with E-state index in [1.165, 1.54) is 0 Å². The normalized spacial score (nSPS) is 16.6. The van der Waals surface area contributed by atoms with Crippen molar-refractivity contribution >= 4 is 52.1 Å². The lowest BCUT2D eigenvalue weighted by Crippen LogP contribution is -2.01. The molecule has 21 heavy (non-hydrogen) atoms. The average Bonchev–Trinajstić information content (AvgIpc) is 2.96. The largest absolute Gasteiger partial charge is 0.457 e. The van der Waals surface area contributed by atoms with E-state index in [1.807, 2.05) is 0 Å². The number of amidine groups is 1. The van der Waals surface area contributed by atoms with Gasteiger partial charge >= 0.3 is 0 Å². The van der Waals surface area contributed by atoms with Crippen LogP contribution in [-0.2, 0) is 4.79 Å². The van der Waals surface area contributed by atoms with Gasteiger partial charge in [-0.3, -0.25) is 4.79 Å². The van der Waals surface area contributed by atoms with Crippen LogP contribution in [0.1, 0.15) is 5.76 Å². The molecule has 2 N–H and O–H groups in total. The van der Waals surface area contributed by atoms with Gasteiger partial charge in [0.05, 0.1) is 4.91 Å². The molecule has 0 fully saturated rings. The number of hydrogen-bond acceptors (Lipinski definition) is 4. The van der Waals surface area contributed by atoms with Gasteiger partial charge in [0, 0.05) is 21.7 Å². The van der Waals surface area contributed by atoms with Gasteiger partial charge in [-0.1, -0.05) is 23.2 Å². The van der Waals surface area contributed by atoms with Gasteiger partial charge in [-0.15, -0.1) is 0 Å². The maximum absolute atomic E-state index is 11.5. The molecule has 0 spiro atoms. The van der Waals surface area contributed by atoms with E-state index in [0.717, 1.165) is 17.3 Å². The fourth-order valence-corrected chi connectivity index (χ4v) is 3.02. The first-order valence-corrected chi connectivity index (χ1v) is 7.43. The van der Waals surface area contributed by atoms with E-state index in [-0.39, 0.29) is 11.1 Å². The van der Waals surface area contributed by atoms with Crippen LogP contribution in [0.4, 0.5) is 0 Å². The molecule has 0 aliphatic carbocycles. The van der Waals surface area contributed by atoms with E-state index in [1.54, 1.807) is 36.4 Å². The first-order valence-electron chi connectivity index (χ1n) is 5.85. The number of aliphatic imine (C=N–C) groups is 1. The lowest BCUT2D eigenvalue weighted by atomic mass is 10.2. The van der Waals surface area contributed by atoms with Crippen LogP contribution in [0.3, 0.4) is 0 Å². The lowest BCUT2D eigenvalue weighted by molar-refractivity contribution is -0.113. The number of halogens is 2. The minimum absolute atomic E-state index is 0.236. The molecule has 3 rings (SSSR count). The maximum atomic E-state index is 11.5. The van der Waals surface area contributed by atoms with Gasteiger partial charge in [-0.25, -0.2) is 0 Å². The number of thioether (sulfide) groups is 1. The Morgan fingerprint density at radius 3 is 2.52 bits per heavy atom. The first kappa shape index (κ1) is 14.3. The number of nitrogens with two attached hydrogens (primary N) is 1. The van der Waals surface area contributed by atoms with Gasteiger partial charge in [0.25, 0.3) is 5.91 Å². The van der Waals surface area contributed by atoms with Gasteiger partial charge < -0.3 is 10.2 Å². The minimum atomic E-state index is -0.360. The molecule has 1 aliphatic rings. The SMILES string of the molecule is NC1=NC(=O)/C(=C\c2ccc(-c3cc(Cl)cc(Cl)c3)o2)S1. The summed E-state index contributed by atoms with van der Waals surface area (Å²) in [6, 6.07) is 8.67. The van der Waals surface area contributed by atoms with Crippen molar-refractivity contribution in [2.45, 2.75) is 0 Å². The Morgan fingerprint density at radius 2 is 1.90 bits per heavy atom. The van der Waals surface area contributed by atoms with Crippen LogP contribution < -0.4 is 5.73 Å². The Bertz CT molecular complexity index is 776. The van der Waals surface area contributed by atoms with Crippen molar-refractivity contribution in [1.82, 2.24) is 0 Å². The Labute approximate surface area is 134 Å². The number of nitrogens with zero attached hydrogens (tertiary/aromatic N) is 1. The summed E-state index contributed by atoms with van der Waals surface area (Å²) in [6.07, 6.45) is 1.60. The number of hydrogen-bond donors (Lipinski definition) is 1. The zero-order valence-electron chi connectivity index (χ0n) is 10.5. The summed E-state index contributed by atoms with van der Waals surface area (Å²) in [5, 5.41) is 1.28. The van der Waals surface area contributed by atoms with E-state index in [2.05, 4.69) is 4.99 Å². The van der Waals surface area contributed by atoms with Crippen LogP contribution >= 0.6 is 35.0 Å². The van der Waals surface area contributed by atoms with E-state index in [4.69, 9.17) is 33.4 Å². The van der Waals surface area contributed by atoms with Crippen LogP contribution in [0.2, 0.25) is 10.0 Å². The molecule has 7 heteroatoms. The molecule has 0 radical (unpaired) electrons. The van der Waals surface area contributed by atoms with E-state index >= 15 is 0 Å². The molecule has 0 unspecified atom stereocenters. The highest BCUT2D eigenvalue weighted by atomic mass is 35.5. The molecule has 0 atom stereocenters. The number of benzene rings is 1. The van der Waals surface area contributed by atoms with Crippen LogP contribution in [0, 0.1) is 0 Å². The van der Waals surface area contributed by atoms with Gasteiger partial charge in [-0.2, -0.15) is 4.99 Å². The molecule has 1 amide bonds. The summed E-state index contributed by atoms with van der Waals surface area (Å²) in [4.78, 5) is 15.6. The number of furan rings is 1. The highest BCUT2D eigenvalue weighted by Crippen LogP contribution is 2.31. The van der Waals surface area contributed by atoms with Crippen molar-refractivity contribution in [3.8, 4) is 11.3 Å². The molecule has 0 bridgehead atoms. The zero-order chi connectivity index (χ0) is 15.0. The van der Waals surface area contributed by atoms with Gasteiger partial charge in [0.1, 0.15) is 11.5 Å². The molecular formula is C14H8Cl2N2O2S. The molecule has 0 saturated heterocycles. The molecule has 0 saturated carbocycles. The van der Waals surface area contributed by atoms with Crippen molar-refractivity contribution in [2.75, 3.05) is 0 Å². The quantitative estimate of drug-likeness (QED) is 0.834. The first-order chi connectivity index (χ1) is 10.0. The number of amides is 1. The van der Waals surface area contributed by atoms with Crippen LogP contribution in [0.25, 0.3) is 17.4 Å². The Kier molecular flexibility index (Phi) is 3.80. The Morgan fingerprint density at radius 1 is 1.19 bits per heavy atom. The fourth-order valence-electron chi connectivity index (χ4n) is 1.84. The third kappa shape index (κ3) is 3.15. The monoisotopic (exact) mass is 338 g/mol. The molecular weight excluding hydrogens is 331 g/mol. The Hall–Kier alpha value is -1.69. The summed E-state index contributed by atoms with van der Waals surface area (Å²) in [5.74, 6) is 0.777. The second-order valence-electron chi connectivity index (χ2n) is 4.23. The van der Waals surface area contributed by atoms with E-state index < -0.39 is 0 Å². The van der Waals surface area contributed by atoms with Gasteiger partial charge in [0.15, 0.2) is 5.17 Å². The lowest BCUT2D eigenvalue weighted by Gasteiger charge is -1.99. The number of carbonyl (C=O) groups is 1. The van der Waals surface area contributed by atoms with Crippen LogP contribution in [0.5, 0.6) is 0 Å². The van der Waals surface area contributed by atoms with Crippen LogP contribution in [-0.4, -0.2) is 11.1 Å². The third-order valence-electron chi connectivity index (χ3n) is 2.68. The molecule has 1 aliphatic heterocycles. The van der Waals surface area contributed by atoms with Crippen molar-refractivity contribution in [1.29, 1.82) is 0 Å². The standard InChI is InChI=1S/C14H8Cl2N2O2S/c15-8-3-7(4-9(16)5-8)11-2-1-10(20-11)6-12-13(19)18-14(17)21-12/h1-6H,(H2,17,18,19)/b12-6+. The Balaban J connectivity index is 1.90.